The predicted octanol–water partition coefficient (Wildman–Crippen LogP) is 5.12. The van der Waals surface area contributed by atoms with E-state index in [2.05, 4.69) is 34.5 Å². The number of nitrogens with one attached hydrogen (secondary N) is 1. The summed E-state index contributed by atoms with van der Waals surface area (Å²) >= 11 is 6.64. The Morgan fingerprint density at radius 2 is 1.88 bits per heavy atom. The molecule has 0 unspecified atom stereocenters. The summed E-state index contributed by atoms with van der Waals surface area (Å²) in [5.74, 6) is 2.15. The van der Waals surface area contributed by atoms with Crippen molar-refractivity contribution in [3.8, 4) is 17.2 Å². The highest BCUT2D eigenvalue weighted by atomic mass is 35.5. The van der Waals surface area contributed by atoms with Crippen molar-refractivity contribution in [2.45, 2.75) is 33.7 Å². The van der Waals surface area contributed by atoms with Crippen LogP contribution in [0.3, 0.4) is 0 Å². The van der Waals surface area contributed by atoms with E-state index >= 15 is 0 Å². The topological polar surface area (TPSA) is 65.1 Å². The number of fused-ring (bicyclic) bond motifs is 1. The Labute approximate surface area is 200 Å². The first-order valence-corrected chi connectivity index (χ1v) is 11.4. The van der Waals surface area contributed by atoms with Crippen LogP contribution in [0.15, 0.2) is 49.2 Å². The molecule has 4 aromatic rings. The van der Waals surface area contributed by atoms with Crippen LogP contribution in [0.1, 0.15) is 31.9 Å². The van der Waals surface area contributed by atoms with Crippen molar-refractivity contribution in [3.63, 3.8) is 0 Å². The van der Waals surface area contributed by atoms with E-state index in [-0.39, 0.29) is 0 Å². The lowest BCUT2D eigenvalue weighted by molar-refractivity contribution is -0.671. The summed E-state index contributed by atoms with van der Waals surface area (Å²) in [5.41, 5.74) is 3.96. The van der Waals surface area contributed by atoms with E-state index in [0.717, 1.165) is 40.2 Å². The molecule has 0 aliphatic heterocycles. The number of pyridine rings is 1. The average molecular weight is 469 g/mol. The smallest absolute Gasteiger partial charge is 0.192 e. The van der Waals surface area contributed by atoms with Crippen LogP contribution < -0.4 is 19.4 Å². The van der Waals surface area contributed by atoms with E-state index in [1.165, 1.54) is 5.56 Å². The monoisotopic (exact) mass is 468 g/mol. The molecular formula is C25H31ClN5O2+. The van der Waals surface area contributed by atoms with Gasteiger partial charge < -0.3 is 14.8 Å². The number of nitrogens with zero attached hydrogens (tertiary/aromatic N) is 4. The van der Waals surface area contributed by atoms with Gasteiger partial charge in [0.15, 0.2) is 18.0 Å². The first-order chi connectivity index (χ1) is 16.0. The number of hydrogen-bond acceptors (Lipinski definition) is 5. The summed E-state index contributed by atoms with van der Waals surface area (Å²) in [6.07, 6.45) is 8.54. The minimum atomic E-state index is 0.515. The van der Waals surface area contributed by atoms with Gasteiger partial charge in [0.2, 0.25) is 0 Å². The molecule has 0 fully saturated rings. The van der Waals surface area contributed by atoms with Crippen LogP contribution in [0, 0.1) is 0 Å². The molecule has 0 aliphatic carbocycles. The molecule has 8 heteroatoms. The molecule has 0 atom stereocenters. The van der Waals surface area contributed by atoms with Gasteiger partial charge in [-0.3, -0.25) is 4.57 Å². The zero-order chi connectivity index (χ0) is 24.0. The van der Waals surface area contributed by atoms with Crippen molar-refractivity contribution < 1.29 is 14.0 Å². The van der Waals surface area contributed by atoms with Crippen molar-refractivity contribution >= 4 is 28.5 Å². The van der Waals surface area contributed by atoms with Crippen molar-refractivity contribution in [3.05, 3.63) is 65.3 Å². The molecule has 0 amide bonds. The van der Waals surface area contributed by atoms with Crippen LogP contribution in [0.2, 0.25) is 5.02 Å². The summed E-state index contributed by atoms with van der Waals surface area (Å²) in [6, 6.07) is 7.87. The summed E-state index contributed by atoms with van der Waals surface area (Å²) < 4.78 is 14.8. The van der Waals surface area contributed by atoms with Gasteiger partial charge in [0.25, 0.3) is 0 Å². The minimum absolute atomic E-state index is 0.515. The van der Waals surface area contributed by atoms with E-state index in [1.54, 1.807) is 20.5 Å². The highest BCUT2D eigenvalue weighted by Crippen LogP contribution is 2.32. The number of aromatic nitrogens is 4. The second kappa shape index (κ2) is 11.0. The molecule has 0 bridgehead atoms. The first-order valence-electron chi connectivity index (χ1n) is 11.0. The van der Waals surface area contributed by atoms with Crippen molar-refractivity contribution in [2.75, 3.05) is 19.5 Å². The Kier molecular flexibility index (Phi) is 8.11. The maximum Gasteiger partial charge on any atom is 0.192 e. The van der Waals surface area contributed by atoms with Crippen molar-refractivity contribution in [1.82, 2.24) is 14.5 Å². The lowest BCUT2D eigenvalue weighted by Crippen LogP contribution is -2.28. The number of aryl methyl sites for hydroxylation is 2. The molecule has 4 rings (SSSR count). The van der Waals surface area contributed by atoms with E-state index in [0.29, 0.717) is 17.4 Å². The van der Waals surface area contributed by atoms with Gasteiger partial charge in [-0.05, 0) is 24.6 Å². The lowest BCUT2D eigenvalue weighted by atomic mass is 10.2. The van der Waals surface area contributed by atoms with E-state index in [9.17, 15) is 0 Å². The molecular weight excluding hydrogens is 438 g/mol. The van der Waals surface area contributed by atoms with Crippen LogP contribution >= 0.6 is 11.6 Å². The fraction of sp³-hybridized carbons (Fsp3) is 0.320. The summed E-state index contributed by atoms with van der Waals surface area (Å²) in [4.78, 5) is 8.95. The Hall–Kier alpha value is -3.32. The Bertz CT molecular complexity index is 1240. The van der Waals surface area contributed by atoms with Gasteiger partial charge in [-0.15, -0.1) is 0 Å². The van der Waals surface area contributed by atoms with E-state index in [4.69, 9.17) is 21.1 Å². The Morgan fingerprint density at radius 3 is 2.58 bits per heavy atom. The molecule has 1 N–H and O–H groups in total. The maximum atomic E-state index is 6.64. The second-order valence-corrected chi connectivity index (χ2v) is 7.63. The third kappa shape index (κ3) is 5.20. The van der Waals surface area contributed by atoms with Crippen LogP contribution in [0.25, 0.3) is 16.7 Å². The highest BCUT2D eigenvalue weighted by Gasteiger charge is 2.17. The standard InChI is InChI=1S/C23H25ClN5O2.C2H6/c1-5-15-8-17(12-28(2)11-15)29-13-19(24)21-22(26-14-27-23(21)29)25-10-16-6-7-18(30-3)9-20(16)31-4;1-2/h6-9,11-14H,5,10H2,1-4H3,(H,25,26,27);1-2H3/q+1;. The lowest BCUT2D eigenvalue weighted by Gasteiger charge is -2.12. The number of rotatable bonds is 7. The fourth-order valence-corrected chi connectivity index (χ4v) is 3.89. The number of benzene rings is 1. The third-order valence-electron chi connectivity index (χ3n) is 5.20. The predicted molar refractivity (Wildman–Crippen MR) is 133 cm³/mol. The van der Waals surface area contributed by atoms with E-state index in [1.807, 2.05) is 60.6 Å². The van der Waals surface area contributed by atoms with Gasteiger partial charge in [-0.2, -0.15) is 0 Å². The summed E-state index contributed by atoms with van der Waals surface area (Å²) in [6.45, 7) is 6.65. The second-order valence-electron chi connectivity index (χ2n) is 7.22. The number of anilines is 1. The van der Waals surface area contributed by atoms with Gasteiger partial charge >= 0.3 is 0 Å². The molecule has 0 saturated heterocycles. The van der Waals surface area contributed by atoms with Gasteiger partial charge in [0.05, 0.1) is 24.6 Å². The van der Waals surface area contributed by atoms with Crippen LogP contribution in [0.5, 0.6) is 11.5 Å². The number of hydrogen-bond donors (Lipinski definition) is 1. The summed E-state index contributed by atoms with van der Waals surface area (Å²) in [7, 11) is 5.29. The van der Waals surface area contributed by atoms with Gasteiger partial charge in [0, 0.05) is 29.9 Å². The SMILES string of the molecule is CC.CCc1cc(-n2cc(Cl)c3c(NCc4ccc(OC)cc4OC)ncnc32)c[n+](C)c1. The molecule has 7 nitrogen and oxygen atoms in total. The molecule has 0 aliphatic rings. The van der Waals surface area contributed by atoms with Gasteiger partial charge in [0.1, 0.15) is 36.4 Å². The zero-order valence-corrected chi connectivity index (χ0v) is 20.8. The fourth-order valence-electron chi connectivity index (χ4n) is 3.62. The molecule has 174 valence electrons. The zero-order valence-electron chi connectivity index (χ0n) is 20.0. The molecule has 0 spiro atoms. The van der Waals surface area contributed by atoms with Crippen molar-refractivity contribution in [2.24, 2.45) is 7.05 Å². The van der Waals surface area contributed by atoms with Crippen LogP contribution in [-0.2, 0) is 20.0 Å². The molecule has 1 aromatic carbocycles. The quantitative estimate of drug-likeness (QED) is 0.381. The molecule has 33 heavy (non-hydrogen) atoms. The minimum Gasteiger partial charge on any atom is -0.497 e. The normalized spacial score (nSPS) is 10.5. The molecule has 0 radical (unpaired) electrons. The average Bonchev–Trinajstić information content (AvgIpc) is 3.20. The van der Waals surface area contributed by atoms with Gasteiger partial charge in [-0.1, -0.05) is 32.4 Å². The van der Waals surface area contributed by atoms with E-state index < -0.39 is 0 Å². The largest absolute Gasteiger partial charge is 0.497 e. The molecule has 3 heterocycles. The van der Waals surface area contributed by atoms with Gasteiger partial charge in [-0.25, -0.2) is 14.5 Å². The number of methoxy groups -OCH3 is 2. The highest BCUT2D eigenvalue weighted by molar-refractivity contribution is 6.36. The summed E-state index contributed by atoms with van der Waals surface area (Å²) in [5, 5.41) is 4.75. The third-order valence-corrected chi connectivity index (χ3v) is 5.49. The molecule has 0 saturated carbocycles. The van der Waals surface area contributed by atoms with Crippen LogP contribution in [0.4, 0.5) is 5.82 Å². The first kappa shape index (κ1) is 24.3. The van der Waals surface area contributed by atoms with Crippen LogP contribution in [-0.4, -0.2) is 28.8 Å². The molecule has 3 aromatic heterocycles. The number of ether oxygens (including phenoxy) is 2. The maximum absolute atomic E-state index is 6.64. The Balaban J connectivity index is 0.00000149. The number of halogens is 1. The Morgan fingerprint density at radius 1 is 1.09 bits per heavy atom. The van der Waals surface area contributed by atoms with Crippen molar-refractivity contribution in [1.29, 1.82) is 0 Å².